The first-order valence-corrected chi connectivity index (χ1v) is 12.7. The third-order valence-corrected chi connectivity index (χ3v) is 5.93. The second kappa shape index (κ2) is 15.9. The highest BCUT2D eigenvalue weighted by Gasteiger charge is 2.08. The first kappa shape index (κ1) is 25.5. The second-order valence-corrected chi connectivity index (χ2v) is 8.77. The van der Waals surface area contributed by atoms with Crippen molar-refractivity contribution in [1.82, 2.24) is 9.97 Å². The quantitative estimate of drug-likeness (QED) is 0.237. The Labute approximate surface area is 190 Å². The number of rotatable bonds is 17. The molecule has 0 fully saturated rings. The van der Waals surface area contributed by atoms with E-state index in [1.165, 1.54) is 69.8 Å². The number of unbranched alkanes of at least 4 members (excludes halogenated alkanes) is 12. The van der Waals surface area contributed by atoms with Crippen molar-refractivity contribution in [2.75, 3.05) is 0 Å². The molecular weight excluding hydrogens is 383 g/mol. The van der Waals surface area contributed by atoms with Crippen molar-refractivity contribution in [2.45, 2.75) is 110 Å². The maximum Gasteiger partial charge on any atom is 0.159 e. The molecule has 0 saturated carbocycles. The largest absolute Gasteiger partial charge is 0.236 e. The lowest BCUT2D eigenvalue weighted by Gasteiger charge is -2.07. The van der Waals surface area contributed by atoms with Gasteiger partial charge in [0.2, 0.25) is 0 Å². The Morgan fingerprint density at radius 2 is 1.42 bits per heavy atom. The molecule has 1 aromatic heterocycles. The van der Waals surface area contributed by atoms with Gasteiger partial charge in [-0.3, -0.25) is 0 Å². The number of hydrogen-bond acceptors (Lipinski definition) is 2. The zero-order chi connectivity index (χ0) is 22.2. The number of hydrogen-bond donors (Lipinski definition) is 0. The third-order valence-electron chi connectivity index (χ3n) is 5.93. The normalized spacial score (nSPS) is 11.2. The summed E-state index contributed by atoms with van der Waals surface area (Å²) in [4.78, 5) is 8.98. The minimum absolute atomic E-state index is 0.137. The molecule has 0 saturated heterocycles. The minimum atomic E-state index is -0.137. The lowest BCUT2D eigenvalue weighted by atomic mass is 10.0. The van der Waals surface area contributed by atoms with Crippen LogP contribution in [0.5, 0.6) is 0 Å². The van der Waals surface area contributed by atoms with Crippen molar-refractivity contribution < 1.29 is 4.39 Å². The fourth-order valence-corrected chi connectivity index (χ4v) is 3.94. The summed E-state index contributed by atoms with van der Waals surface area (Å²) in [5.74, 6) is 0.473. The number of aromatic nitrogens is 2. The van der Waals surface area contributed by atoms with E-state index in [4.69, 9.17) is 0 Å². The van der Waals surface area contributed by atoms with Crippen LogP contribution in [0.2, 0.25) is 0 Å². The molecule has 2 aromatic rings. The summed E-state index contributed by atoms with van der Waals surface area (Å²) in [6.07, 6.45) is 24.2. The molecule has 2 nitrogen and oxygen atoms in total. The van der Waals surface area contributed by atoms with E-state index in [1.807, 2.05) is 24.5 Å². The third kappa shape index (κ3) is 10.4. The number of benzene rings is 1. The van der Waals surface area contributed by atoms with Crippen LogP contribution in [0.25, 0.3) is 11.4 Å². The van der Waals surface area contributed by atoms with Gasteiger partial charge in [0.25, 0.3) is 0 Å². The molecule has 0 aliphatic carbocycles. The second-order valence-electron chi connectivity index (χ2n) is 8.77. The van der Waals surface area contributed by atoms with Crippen LogP contribution in [-0.4, -0.2) is 9.97 Å². The van der Waals surface area contributed by atoms with Gasteiger partial charge in [-0.2, -0.15) is 0 Å². The minimum Gasteiger partial charge on any atom is -0.236 e. The summed E-state index contributed by atoms with van der Waals surface area (Å²) < 4.78 is 14.5. The summed E-state index contributed by atoms with van der Waals surface area (Å²) in [5.41, 5.74) is 2.73. The van der Waals surface area contributed by atoms with E-state index in [0.717, 1.165) is 43.2 Å². The van der Waals surface area contributed by atoms with Crippen molar-refractivity contribution in [3.05, 3.63) is 54.0 Å². The van der Waals surface area contributed by atoms with Crippen LogP contribution in [0.4, 0.5) is 4.39 Å². The molecule has 2 rings (SSSR count). The molecule has 1 heterocycles. The molecule has 171 valence electrons. The SMILES string of the molecule is CCC[CH]CCCCc1ccc(-c2ncc(CCCCCCCCCC)cn2)cc1F. The summed E-state index contributed by atoms with van der Waals surface area (Å²) in [5, 5.41) is 0. The van der Waals surface area contributed by atoms with E-state index >= 15 is 0 Å². The fourth-order valence-electron chi connectivity index (χ4n) is 3.94. The highest BCUT2D eigenvalue weighted by molar-refractivity contribution is 5.55. The van der Waals surface area contributed by atoms with Gasteiger partial charge in [0.1, 0.15) is 5.82 Å². The van der Waals surface area contributed by atoms with Crippen molar-refractivity contribution in [3.63, 3.8) is 0 Å². The van der Waals surface area contributed by atoms with Crippen molar-refractivity contribution in [2.24, 2.45) is 0 Å². The van der Waals surface area contributed by atoms with Gasteiger partial charge in [0.15, 0.2) is 5.82 Å². The van der Waals surface area contributed by atoms with Crippen LogP contribution in [-0.2, 0) is 12.8 Å². The molecule has 1 radical (unpaired) electrons. The van der Waals surface area contributed by atoms with Gasteiger partial charge in [-0.25, -0.2) is 14.4 Å². The molecule has 1 aromatic carbocycles. The van der Waals surface area contributed by atoms with Crippen molar-refractivity contribution >= 4 is 0 Å². The fraction of sp³-hybridized carbons (Fsp3) is 0.607. The maximum atomic E-state index is 14.5. The average Bonchev–Trinajstić information content (AvgIpc) is 2.79. The van der Waals surface area contributed by atoms with Crippen LogP contribution in [0, 0.1) is 12.2 Å². The Hall–Kier alpha value is -1.77. The van der Waals surface area contributed by atoms with Crippen LogP contribution < -0.4 is 0 Å². The maximum absolute atomic E-state index is 14.5. The molecule has 3 heteroatoms. The topological polar surface area (TPSA) is 25.8 Å². The molecular formula is C28H42FN2. The van der Waals surface area contributed by atoms with Crippen molar-refractivity contribution in [3.8, 4) is 11.4 Å². The number of halogens is 1. The highest BCUT2D eigenvalue weighted by Crippen LogP contribution is 2.21. The van der Waals surface area contributed by atoms with E-state index < -0.39 is 0 Å². The van der Waals surface area contributed by atoms with Crippen LogP contribution in [0.15, 0.2) is 30.6 Å². The molecule has 0 aliphatic heterocycles. The molecule has 0 N–H and O–H groups in total. The molecule has 31 heavy (non-hydrogen) atoms. The molecule has 0 aliphatic rings. The summed E-state index contributed by atoms with van der Waals surface area (Å²) in [6, 6.07) is 5.44. The number of nitrogens with zero attached hydrogens (tertiary/aromatic N) is 2. The molecule has 0 atom stereocenters. The Kier molecular flexibility index (Phi) is 13.1. The zero-order valence-electron chi connectivity index (χ0n) is 19.8. The van der Waals surface area contributed by atoms with Crippen molar-refractivity contribution in [1.29, 1.82) is 0 Å². The molecule has 0 bridgehead atoms. The van der Waals surface area contributed by atoms with E-state index in [2.05, 4.69) is 30.2 Å². The standard InChI is InChI=1S/C28H42FN2/c1-3-5-7-9-11-12-13-15-17-24-22-30-28(31-23-24)26-20-19-25(27(29)21-26)18-16-14-10-8-6-4-2/h8,19-23H,3-7,9-18H2,1-2H3. The number of aryl methyl sites for hydroxylation is 2. The molecule has 0 spiro atoms. The van der Waals surface area contributed by atoms with E-state index in [0.29, 0.717) is 5.82 Å². The smallest absolute Gasteiger partial charge is 0.159 e. The van der Waals surface area contributed by atoms with Gasteiger partial charge in [0, 0.05) is 18.0 Å². The summed E-state index contributed by atoms with van der Waals surface area (Å²) >= 11 is 0. The summed E-state index contributed by atoms with van der Waals surface area (Å²) in [6.45, 7) is 4.46. The van der Waals surface area contributed by atoms with Gasteiger partial charge in [-0.1, -0.05) is 96.6 Å². The van der Waals surface area contributed by atoms with Gasteiger partial charge < -0.3 is 0 Å². The highest BCUT2D eigenvalue weighted by atomic mass is 19.1. The first-order valence-electron chi connectivity index (χ1n) is 12.7. The Bertz CT molecular complexity index is 711. The molecule has 0 unspecified atom stereocenters. The van der Waals surface area contributed by atoms with Gasteiger partial charge in [0.05, 0.1) is 0 Å². The molecule has 0 amide bonds. The van der Waals surface area contributed by atoms with E-state index in [-0.39, 0.29) is 5.82 Å². The Morgan fingerprint density at radius 3 is 2.10 bits per heavy atom. The average molecular weight is 426 g/mol. The Balaban J connectivity index is 1.72. The lowest BCUT2D eigenvalue weighted by Crippen LogP contribution is -1.96. The van der Waals surface area contributed by atoms with Gasteiger partial charge in [-0.15, -0.1) is 0 Å². The zero-order valence-corrected chi connectivity index (χ0v) is 19.8. The Morgan fingerprint density at radius 1 is 0.742 bits per heavy atom. The van der Waals surface area contributed by atoms with Crippen LogP contribution in [0.3, 0.4) is 0 Å². The monoisotopic (exact) mass is 425 g/mol. The lowest BCUT2D eigenvalue weighted by molar-refractivity contribution is 0.575. The predicted molar refractivity (Wildman–Crippen MR) is 131 cm³/mol. The predicted octanol–water partition coefficient (Wildman–Crippen LogP) is 8.68. The van der Waals surface area contributed by atoms with Crippen LogP contribution >= 0.6 is 0 Å². The van der Waals surface area contributed by atoms with Crippen LogP contribution in [0.1, 0.15) is 108 Å². The summed E-state index contributed by atoms with van der Waals surface area (Å²) in [7, 11) is 0. The van der Waals surface area contributed by atoms with E-state index in [9.17, 15) is 4.39 Å². The van der Waals surface area contributed by atoms with E-state index in [1.54, 1.807) is 6.07 Å². The van der Waals surface area contributed by atoms with Gasteiger partial charge >= 0.3 is 0 Å². The first-order chi connectivity index (χ1) is 15.2. The van der Waals surface area contributed by atoms with Gasteiger partial charge in [-0.05, 0) is 49.3 Å².